The highest BCUT2D eigenvalue weighted by atomic mass is 19.2. The fraction of sp³-hybridized carbons (Fsp3) is 0.176. The van der Waals surface area contributed by atoms with E-state index in [2.05, 4.69) is 0 Å². The van der Waals surface area contributed by atoms with Gasteiger partial charge in [0.05, 0.1) is 0 Å². The number of anilines is 1. The maximum atomic E-state index is 13.7. The van der Waals surface area contributed by atoms with Gasteiger partial charge in [-0.2, -0.15) is 0 Å². The number of ketones is 1. The molecule has 3 N–H and O–H groups in total. The van der Waals surface area contributed by atoms with E-state index in [-0.39, 0.29) is 30.5 Å². The van der Waals surface area contributed by atoms with E-state index >= 15 is 0 Å². The van der Waals surface area contributed by atoms with Crippen molar-refractivity contribution < 1.29 is 36.6 Å². The van der Waals surface area contributed by atoms with Gasteiger partial charge < -0.3 is 10.8 Å². The molecule has 0 heterocycles. The number of rotatable bonds is 6. The van der Waals surface area contributed by atoms with E-state index in [9.17, 15) is 31.5 Å². The number of halogens is 5. The second-order valence-electron chi connectivity index (χ2n) is 5.43. The van der Waals surface area contributed by atoms with Crippen molar-refractivity contribution in [1.82, 2.24) is 0 Å². The van der Waals surface area contributed by atoms with Crippen LogP contribution in [0.4, 0.5) is 27.6 Å². The summed E-state index contributed by atoms with van der Waals surface area (Å²) in [4.78, 5) is 22.7. The summed E-state index contributed by atoms with van der Waals surface area (Å²) < 4.78 is 67.0. The number of nitrogens with two attached hydrogens (primary N) is 1. The standard InChI is InChI=1S/C17H12F5NO3/c18-12-11(13(19)15(21)16(22)14(12)20)17(26)8-5-4-7(9(23)6-8)2-1-3-10(24)25/h4-6H,1-3,23H2,(H,24,25). The quantitative estimate of drug-likeness (QED) is 0.267. The third-order valence-corrected chi connectivity index (χ3v) is 3.68. The minimum absolute atomic E-state index is 0.0325. The first-order valence-electron chi connectivity index (χ1n) is 7.31. The molecular weight excluding hydrogens is 361 g/mol. The molecule has 0 atom stereocenters. The van der Waals surface area contributed by atoms with Gasteiger partial charge in [0, 0.05) is 17.7 Å². The van der Waals surface area contributed by atoms with E-state index < -0.39 is 46.4 Å². The van der Waals surface area contributed by atoms with Gasteiger partial charge in [0.1, 0.15) is 5.56 Å². The second-order valence-corrected chi connectivity index (χ2v) is 5.43. The van der Waals surface area contributed by atoms with Crippen molar-refractivity contribution in [2.24, 2.45) is 0 Å². The zero-order chi connectivity index (χ0) is 19.6. The SMILES string of the molecule is Nc1cc(C(=O)c2c(F)c(F)c(F)c(F)c2F)ccc1CCCC(=O)O. The highest BCUT2D eigenvalue weighted by Crippen LogP contribution is 2.26. The number of aryl methyl sites for hydroxylation is 1. The van der Waals surface area contributed by atoms with E-state index in [4.69, 9.17) is 10.8 Å². The summed E-state index contributed by atoms with van der Waals surface area (Å²) in [5, 5.41) is 8.59. The van der Waals surface area contributed by atoms with E-state index in [0.29, 0.717) is 5.56 Å². The molecule has 0 fully saturated rings. The molecule has 0 aromatic heterocycles. The minimum Gasteiger partial charge on any atom is -0.481 e. The molecule has 0 aliphatic carbocycles. The van der Waals surface area contributed by atoms with Crippen molar-refractivity contribution in [1.29, 1.82) is 0 Å². The third-order valence-electron chi connectivity index (χ3n) is 3.68. The zero-order valence-corrected chi connectivity index (χ0v) is 13.1. The Kier molecular flexibility index (Phi) is 5.59. The minimum atomic E-state index is -2.36. The van der Waals surface area contributed by atoms with Crippen molar-refractivity contribution in [3.8, 4) is 0 Å². The molecule has 0 saturated heterocycles. The lowest BCUT2D eigenvalue weighted by Gasteiger charge is -2.10. The Hall–Kier alpha value is -2.97. The summed E-state index contributed by atoms with van der Waals surface area (Å²) in [6, 6.07) is 3.49. The first-order valence-corrected chi connectivity index (χ1v) is 7.31. The summed E-state index contributed by atoms with van der Waals surface area (Å²) in [5.74, 6) is -13.7. The molecule has 2 rings (SSSR count). The van der Waals surface area contributed by atoms with Gasteiger partial charge >= 0.3 is 5.97 Å². The summed E-state index contributed by atoms with van der Waals surface area (Å²) in [5.41, 5.74) is 4.30. The van der Waals surface area contributed by atoms with E-state index in [0.717, 1.165) is 12.1 Å². The lowest BCUT2D eigenvalue weighted by molar-refractivity contribution is -0.137. The molecule has 0 amide bonds. The average Bonchev–Trinajstić information content (AvgIpc) is 2.59. The molecule has 138 valence electrons. The molecule has 0 aliphatic rings. The van der Waals surface area contributed by atoms with Crippen molar-refractivity contribution in [3.05, 3.63) is 64.0 Å². The lowest BCUT2D eigenvalue weighted by atomic mass is 9.98. The third kappa shape index (κ3) is 3.66. The second kappa shape index (κ2) is 7.51. The van der Waals surface area contributed by atoms with Crippen LogP contribution in [-0.4, -0.2) is 16.9 Å². The summed E-state index contributed by atoms with van der Waals surface area (Å²) >= 11 is 0. The molecule has 2 aromatic rings. The fourth-order valence-corrected chi connectivity index (χ4v) is 2.34. The van der Waals surface area contributed by atoms with Crippen molar-refractivity contribution in [2.45, 2.75) is 19.3 Å². The van der Waals surface area contributed by atoms with Crippen LogP contribution < -0.4 is 5.73 Å². The fourth-order valence-electron chi connectivity index (χ4n) is 2.34. The molecule has 0 bridgehead atoms. The van der Waals surface area contributed by atoms with E-state index in [1.807, 2.05) is 0 Å². The van der Waals surface area contributed by atoms with Gasteiger partial charge in [0.15, 0.2) is 29.1 Å². The van der Waals surface area contributed by atoms with Crippen LogP contribution in [-0.2, 0) is 11.2 Å². The summed E-state index contributed by atoms with van der Waals surface area (Å²) in [6.07, 6.45) is 0.435. The predicted molar refractivity (Wildman–Crippen MR) is 81.1 cm³/mol. The van der Waals surface area contributed by atoms with E-state index in [1.54, 1.807) is 0 Å². The van der Waals surface area contributed by atoms with Gasteiger partial charge in [0.2, 0.25) is 5.82 Å². The largest absolute Gasteiger partial charge is 0.481 e. The molecule has 0 unspecified atom stereocenters. The van der Waals surface area contributed by atoms with Gasteiger partial charge in [0.25, 0.3) is 0 Å². The number of carbonyl (C=O) groups excluding carboxylic acids is 1. The van der Waals surface area contributed by atoms with Crippen LogP contribution >= 0.6 is 0 Å². The number of hydrogen-bond donors (Lipinski definition) is 2. The number of benzene rings is 2. The van der Waals surface area contributed by atoms with Crippen LogP contribution in [0.2, 0.25) is 0 Å². The molecule has 26 heavy (non-hydrogen) atoms. The van der Waals surface area contributed by atoms with Crippen molar-refractivity contribution >= 4 is 17.4 Å². The van der Waals surface area contributed by atoms with Crippen LogP contribution in [0.25, 0.3) is 0 Å². The Balaban J connectivity index is 2.37. The summed E-state index contributed by atoms with van der Waals surface area (Å²) in [6.45, 7) is 0. The van der Waals surface area contributed by atoms with Crippen molar-refractivity contribution in [2.75, 3.05) is 5.73 Å². The van der Waals surface area contributed by atoms with Gasteiger partial charge in [-0.1, -0.05) is 12.1 Å². The molecule has 0 aliphatic heterocycles. The van der Waals surface area contributed by atoms with Gasteiger partial charge in [-0.05, 0) is 24.5 Å². The molecule has 2 aromatic carbocycles. The average molecular weight is 373 g/mol. The number of nitrogen functional groups attached to an aromatic ring is 1. The number of carboxylic acid groups (broad SMARTS) is 1. The topological polar surface area (TPSA) is 80.4 Å². The molecule has 0 radical (unpaired) electrons. The molecule has 4 nitrogen and oxygen atoms in total. The Morgan fingerprint density at radius 2 is 1.46 bits per heavy atom. The van der Waals surface area contributed by atoms with Crippen LogP contribution in [0, 0.1) is 29.1 Å². The molecule has 0 saturated carbocycles. The molecule has 9 heteroatoms. The van der Waals surface area contributed by atoms with Gasteiger partial charge in [-0.3, -0.25) is 9.59 Å². The van der Waals surface area contributed by atoms with Crippen LogP contribution in [0.15, 0.2) is 18.2 Å². The first kappa shape index (κ1) is 19.4. The van der Waals surface area contributed by atoms with Gasteiger partial charge in [-0.25, -0.2) is 22.0 Å². The number of hydrogen-bond acceptors (Lipinski definition) is 3. The zero-order valence-electron chi connectivity index (χ0n) is 13.1. The predicted octanol–water partition coefficient (Wildman–Crippen LogP) is 3.60. The number of carbonyl (C=O) groups is 2. The normalized spacial score (nSPS) is 10.8. The smallest absolute Gasteiger partial charge is 0.303 e. The van der Waals surface area contributed by atoms with Crippen LogP contribution in [0.1, 0.15) is 34.3 Å². The lowest BCUT2D eigenvalue weighted by Crippen LogP contribution is -2.14. The van der Waals surface area contributed by atoms with Crippen LogP contribution in [0.3, 0.4) is 0 Å². The number of carboxylic acids is 1. The van der Waals surface area contributed by atoms with Crippen molar-refractivity contribution in [3.63, 3.8) is 0 Å². The maximum absolute atomic E-state index is 13.7. The molecule has 0 spiro atoms. The number of aliphatic carboxylic acids is 1. The summed E-state index contributed by atoms with van der Waals surface area (Å²) in [7, 11) is 0. The Morgan fingerprint density at radius 1 is 0.923 bits per heavy atom. The highest BCUT2D eigenvalue weighted by molar-refractivity contribution is 6.09. The van der Waals surface area contributed by atoms with E-state index in [1.165, 1.54) is 6.07 Å². The highest BCUT2D eigenvalue weighted by Gasteiger charge is 2.30. The Morgan fingerprint density at radius 3 is 1.96 bits per heavy atom. The van der Waals surface area contributed by atoms with Crippen LogP contribution in [0.5, 0.6) is 0 Å². The van der Waals surface area contributed by atoms with Gasteiger partial charge in [-0.15, -0.1) is 0 Å². The first-order chi connectivity index (χ1) is 12.1. The molecular formula is C17H12F5NO3. The Bertz CT molecular complexity index is 869. The maximum Gasteiger partial charge on any atom is 0.303 e. The monoisotopic (exact) mass is 373 g/mol. The Labute approximate surface area is 144 Å².